The number of rotatable bonds is 8. The van der Waals surface area contributed by atoms with Gasteiger partial charge in [0.2, 0.25) is 0 Å². The molecule has 0 aliphatic rings. The fraction of sp³-hybridized carbons (Fsp3) is 0.304. The van der Waals surface area contributed by atoms with Crippen molar-refractivity contribution in [3.8, 4) is 11.9 Å². The maximum absolute atomic E-state index is 14.2. The molecule has 1 atom stereocenters. The Morgan fingerprint density at radius 3 is 2.61 bits per heavy atom. The van der Waals surface area contributed by atoms with E-state index in [9.17, 15) is 27.5 Å². The molecule has 0 saturated heterocycles. The quantitative estimate of drug-likeness (QED) is 0.294. The molecule has 4 heterocycles. The highest BCUT2D eigenvalue weighted by molar-refractivity contribution is 6.00. The first-order chi connectivity index (χ1) is 17.8. The summed E-state index contributed by atoms with van der Waals surface area (Å²) in [5.41, 5.74) is -0.812. The molecule has 0 aliphatic heterocycles. The first-order valence-electron chi connectivity index (χ1n) is 11.1. The molecule has 0 fully saturated rings. The first-order valence-corrected chi connectivity index (χ1v) is 11.1. The summed E-state index contributed by atoms with van der Waals surface area (Å²) in [6, 6.07) is 4.97. The highest BCUT2D eigenvalue weighted by Crippen LogP contribution is 2.26. The van der Waals surface area contributed by atoms with Crippen LogP contribution in [0.2, 0.25) is 0 Å². The lowest BCUT2D eigenvalue weighted by Crippen LogP contribution is -2.42. The average molecular weight is 531 g/mol. The molecule has 198 valence electrons. The zero-order valence-electron chi connectivity index (χ0n) is 20.0. The summed E-state index contributed by atoms with van der Waals surface area (Å²) in [7, 11) is 0. The van der Waals surface area contributed by atoms with Crippen molar-refractivity contribution in [2.45, 2.75) is 38.3 Å². The van der Waals surface area contributed by atoms with Gasteiger partial charge in [0.05, 0.1) is 47.0 Å². The summed E-state index contributed by atoms with van der Waals surface area (Å²) < 4.78 is 54.4. The van der Waals surface area contributed by atoms with E-state index in [2.05, 4.69) is 30.8 Å². The summed E-state index contributed by atoms with van der Waals surface area (Å²) in [5, 5.41) is 32.6. The molecule has 1 amide bonds. The summed E-state index contributed by atoms with van der Waals surface area (Å²) in [4.78, 5) is 21.4. The minimum absolute atomic E-state index is 0.0588. The highest BCUT2D eigenvalue weighted by Gasteiger charge is 2.29. The maximum Gasteiger partial charge on any atom is 0.408 e. The van der Waals surface area contributed by atoms with Crippen LogP contribution < -0.4 is 10.6 Å². The van der Waals surface area contributed by atoms with Crippen LogP contribution in [-0.4, -0.2) is 65.0 Å². The van der Waals surface area contributed by atoms with E-state index in [1.165, 1.54) is 43.2 Å². The second-order valence-corrected chi connectivity index (χ2v) is 8.89. The van der Waals surface area contributed by atoms with Gasteiger partial charge in [0.15, 0.2) is 11.5 Å². The van der Waals surface area contributed by atoms with E-state index in [0.717, 1.165) is 12.4 Å². The van der Waals surface area contributed by atoms with Crippen LogP contribution in [0.25, 0.3) is 16.9 Å². The number of hydrogen-bond acceptors (Lipinski definition) is 8. The van der Waals surface area contributed by atoms with Crippen LogP contribution in [0, 0.1) is 11.3 Å². The van der Waals surface area contributed by atoms with E-state index in [0.29, 0.717) is 21.3 Å². The lowest BCUT2D eigenvalue weighted by atomic mass is 10.0. The maximum atomic E-state index is 14.2. The third-order valence-corrected chi connectivity index (χ3v) is 5.35. The lowest BCUT2D eigenvalue weighted by Gasteiger charge is -2.22. The van der Waals surface area contributed by atoms with Crippen molar-refractivity contribution in [3.05, 3.63) is 54.2 Å². The molecule has 0 radical (unpaired) electrons. The molecule has 4 aromatic rings. The summed E-state index contributed by atoms with van der Waals surface area (Å²) in [6.07, 6.45) is 0.00596. The zero-order chi connectivity index (χ0) is 27.7. The third kappa shape index (κ3) is 6.03. The molecule has 4 rings (SSSR count). The topological polar surface area (TPSA) is 147 Å². The standard InChI is InChI=1S/C23H21F4N9O2/c1-22(2,38)18(24)10-31-21(37)16-9-29-19(36-20-14(7-33-36)3-13(5-28)6-30-20)4-17(16)34-15-8-32-35(11-15)12-23(25,26)27/h3-4,6-9,11,18,38H,10,12H2,1-2H3,(H,29,34)(H,31,37). The van der Waals surface area contributed by atoms with Gasteiger partial charge in [0.1, 0.15) is 18.8 Å². The number of carbonyl (C=O) groups excluding carboxylic acids is 1. The van der Waals surface area contributed by atoms with Crippen molar-refractivity contribution in [2.75, 3.05) is 11.9 Å². The minimum atomic E-state index is -4.48. The van der Waals surface area contributed by atoms with Crippen molar-refractivity contribution in [2.24, 2.45) is 0 Å². The van der Waals surface area contributed by atoms with Crippen molar-refractivity contribution in [3.63, 3.8) is 0 Å². The molecule has 1 unspecified atom stereocenters. The van der Waals surface area contributed by atoms with Crippen LogP contribution in [0.5, 0.6) is 0 Å². The number of nitrogens with zero attached hydrogens (tertiary/aromatic N) is 7. The second kappa shape index (κ2) is 10.1. The molecular weight excluding hydrogens is 510 g/mol. The van der Waals surface area contributed by atoms with E-state index in [1.54, 1.807) is 6.07 Å². The fourth-order valence-corrected chi connectivity index (χ4v) is 3.38. The number of anilines is 2. The van der Waals surface area contributed by atoms with Gasteiger partial charge < -0.3 is 15.7 Å². The van der Waals surface area contributed by atoms with Gasteiger partial charge in [0.25, 0.3) is 5.91 Å². The van der Waals surface area contributed by atoms with Gasteiger partial charge in [-0.1, -0.05) is 0 Å². The van der Waals surface area contributed by atoms with E-state index in [1.807, 2.05) is 6.07 Å². The van der Waals surface area contributed by atoms with Gasteiger partial charge in [-0.15, -0.1) is 0 Å². The van der Waals surface area contributed by atoms with E-state index < -0.39 is 36.9 Å². The van der Waals surface area contributed by atoms with Gasteiger partial charge in [-0.3, -0.25) is 9.48 Å². The number of hydrogen-bond donors (Lipinski definition) is 3. The number of aromatic nitrogens is 6. The predicted octanol–water partition coefficient (Wildman–Crippen LogP) is 3.03. The molecule has 15 heteroatoms. The molecule has 0 bridgehead atoms. The molecule has 0 aromatic carbocycles. The number of fused-ring (bicyclic) bond motifs is 1. The van der Waals surface area contributed by atoms with Crippen molar-refractivity contribution >= 4 is 28.3 Å². The molecule has 4 aromatic heterocycles. The van der Waals surface area contributed by atoms with Crippen molar-refractivity contribution in [1.82, 2.24) is 34.8 Å². The zero-order valence-corrected chi connectivity index (χ0v) is 20.0. The molecule has 0 aliphatic carbocycles. The van der Waals surface area contributed by atoms with Crippen LogP contribution in [0.4, 0.5) is 28.9 Å². The number of amides is 1. The Hall–Kier alpha value is -4.58. The number of pyridine rings is 2. The summed E-state index contributed by atoms with van der Waals surface area (Å²) >= 11 is 0. The van der Waals surface area contributed by atoms with Gasteiger partial charge in [-0.05, 0) is 19.9 Å². The van der Waals surface area contributed by atoms with Gasteiger partial charge >= 0.3 is 6.18 Å². The molecule has 0 spiro atoms. The average Bonchev–Trinajstić information content (AvgIpc) is 3.46. The SMILES string of the molecule is CC(C)(O)C(F)CNC(=O)c1cnc(-n2ncc3cc(C#N)cnc32)cc1Nc1cnn(CC(F)(F)F)c1. The van der Waals surface area contributed by atoms with Crippen LogP contribution >= 0.6 is 0 Å². The monoisotopic (exact) mass is 531 g/mol. The van der Waals surface area contributed by atoms with Crippen LogP contribution in [-0.2, 0) is 6.54 Å². The Morgan fingerprint density at radius 2 is 1.92 bits per heavy atom. The third-order valence-electron chi connectivity index (χ3n) is 5.35. The Kier molecular flexibility index (Phi) is 7.01. The molecule has 0 saturated carbocycles. The van der Waals surface area contributed by atoms with E-state index in [-0.39, 0.29) is 22.8 Å². The van der Waals surface area contributed by atoms with Crippen molar-refractivity contribution < 1.29 is 27.5 Å². The van der Waals surface area contributed by atoms with Crippen LogP contribution in [0.1, 0.15) is 29.8 Å². The number of aliphatic hydroxyl groups is 1. The fourth-order valence-electron chi connectivity index (χ4n) is 3.38. The Balaban J connectivity index is 1.69. The Bertz CT molecular complexity index is 1520. The lowest BCUT2D eigenvalue weighted by molar-refractivity contribution is -0.142. The first kappa shape index (κ1) is 26.5. The van der Waals surface area contributed by atoms with Gasteiger partial charge in [-0.2, -0.15) is 33.3 Å². The summed E-state index contributed by atoms with van der Waals surface area (Å²) in [5.74, 6) is -0.554. The summed E-state index contributed by atoms with van der Waals surface area (Å²) in [6.45, 7) is 0.706. The van der Waals surface area contributed by atoms with Crippen molar-refractivity contribution in [1.29, 1.82) is 5.26 Å². The van der Waals surface area contributed by atoms with E-state index >= 15 is 0 Å². The second-order valence-electron chi connectivity index (χ2n) is 8.89. The minimum Gasteiger partial charge on any atom is -0.387 e. The number of nitrogens with one attached hydrogen (secondary N) is 2. The highest BCUT2D eigenvalue weighted by atomic mass is 19.4. The smallest absolute Gasteiger partial charge is 0.387 e. The largest absolute Gasteiger partial charge is 0.408 e. The molecule has 38 heavy (non-hydrogen) atoms. The van der Waals surface area contributed by atoms with Gasteiger partial charge in [0, 0.05) is 30.0 Å². The normalized spacial score (nSPS) is 12.8. The van der Waals surface area contributed by atoms with Gasteiger partial charge in [-0.25, -0.2) is 14.4 Å². The number of alkyl halides is 4. The molecule has 11 nitrogen and oxygen atoms in total. The van der Waals surface area contributed by atoms with Crippen LogP contribution in [0.3, 0.4) is 0 Å². The predicted molar refractivity (Wildman–Crippen MR) is 126 cm³/mol. The number of carbonyl (C=O) groups is 1. The number of halogens is 4. The Labute approximate surface area is 212 Å². The van der Waals surface area contributed by atoms with Crippen LogP contribution in [0.15, 0.2) is 43.1 Å². The number of nitriles is 1. The molecular formula is C23H21F4N9O2. The molecule has 3 N–H and O–H groups in total. The Morgan fingerprint density at radius 1 is 1.16 bits per heavy atom. The van der Waals surface area contributed by atoms with E-state index in [4.69, 9.17) is 5.26 Å².